The van der Waals surface area contributed by atoms with Crippen LogP contribution in [0.5, 0.6) is 11.5 Å². The molecule has 1 atom stereocenters. The van der Waals surface area contributed by atoms with Crippen LogP contribution in [0.1, 0.15) is 51.8 Å². The van der Waals surface area contributed by atoms with Gasteiger partial charge in [-0.25, -0.2) is 19.7 Å². The molecule has 3 heterocycles. The number of nitrogens with zero attached hydrogens (tertiary/aromatic N) is 3. The maximum Gasteiger partial charge on any atom is 0.417 e. The van der Waals surface area contributed by atoms with E-state index in [0.717, 1.165) is 26.6 Å². The Morgan fingerprint density at radius 2 is 1.62 bits per heavy atom. The number of hydrogen-bond donors (Lipinski definition) is 0. The zero-order chi connectivity index (χ0) is 32.4. The van der Waals surface area contributed by atoms with Crippen molar-refractivity contribution < 1.29 is 28.2 Å². The molecule has 1 aliphatic heterocycles. The van der Waals surface area contributed by atoms with Gasteiger partial charge in [0.25, 0.3) is 5.91 Å². The summed E-state index contributed by atoms with van der Waals surface area (Å²) in [5, 5.41) is 2.65. The number of oxazole rings is 1. The average Bonchev–Trinajstić information content (AvgIpc) is 3.83. The third-order valence-corrected chi connectivity index (χ3v) is 8.29. The number of thiazole rings is 1. The average molecular weight is 648 g/mol. The second-order valence-electron chi connectivity index (χ2n) is 10.8. The molecule has 10 heteroatoms. The molecule has 6 rings (SSSR count). The Kier molecular flexibility index (Phi) is 10.2. The molecule has 47 heavy (non-hydrogen) atoms. The number of carbonyl (C=O) groups is 2. The van der Waals surface area contributed by atoms with Crippen molar-refractivity contribution in [3.8, 4) is 11.5 Å². The summed E-state index contributed by atoms with van der Waals surface area (Å²) in [6.45, 7) is 0.305. The van der Waals surface area contributed by atoms with Crippen molar-refractivity contribution in [2.75, 3.05) is 7.11 Å². The van der Waals surface area contributed by atoms with Crippen LogP contribution in [-0.4, -0.2) is 40.1 Å². The minimum absolute atomic E-state index is 0.0859. The highest BCUT2D eigenvalue weighted by molar-refractivity contribution is 7.10. The Hall–Kier alpha value is -5.48. The third kappa shape index (κ3) is 8.42. The van der Waals surface area contributed by atoms with Crippen LogP contribution in [0.3, 0.4) is 0 Å². The molecule has 5 aromatic rings. The number of ether oxygens (including phenoxy) is 3. The van der Waals surface area contributed by atoms with Gasteiger partial charge in [0.05, 0.1) is 19.3 Å². The monoisotopic (exact) mass is 647 g/mol. The van der Waals surface area contributed by atoms with Crippen molar-refractivity contribution in [3.05, 3.63) is 129 Å². The molecule has 2 amide bonds. The molecule has 2 aromatic heterocycles. The van der Waals surface area contributed by atoms with E-state index in [9.17, 15) is 9.59 Å². The van der Waals surface area contributed by atoms with E-state index in [4.69, 9.17) is 18.6 Å². The van der Waals surface area contributed by atoms with E-state index in [-0.39, 0.29) is 19.1 Å². The summed E-state index contributed by atoms with van der Waals surface area (Å²) in [4.78, 5) is 35.7. The summed E-state index contributed by atoms with van der Waals surface area (Å²) in [6.07, 6.45) is 9.50. The molecular formula is C37H33N3O6S. The van der Waals surface area contributed by atoms with Gasteiger partial charge >= 0.3 is 6.09 Å². The van der Waals surface area contributed by atoms with Crippen molar-refractivity contribution in [2.45, 2.75) is 38.5 Å². The highest BCUT2D eigenvalue weighted by atomic mass is 32.1. The van der Waals surface area contributed by atoms with Crippen molar-refractivity contribution in [1.29, 1.82) is 0 Å². The molecule has 1 unspecified atom stereocenters. The molecular weight excluding hydrogens is 614 g/mol. The highest BCUT2D eigenvalue weighted by Gasteiger charge is 2.40. The molecule has 0 radical (unpaired) electrons. The Balaban J connectivity index is 0.967. The summed E-state index contributed by atoms with van der Waals surface area (Å²) in [5.41, 5.74) is 4.43. The molecule has 0 bridgehead atoms. The van der Waals surface area contributed by atoms with Gasteiger partial charge in [-0.15, -0.1) is 11.3 Å². The lowest BCUT2D eigenvalue weighted by molar-refractivity contribution is -0.130. The number of imide groups is 1. The van der Waals surface area contributed by atoms with Gasteiger partial charge in [-0.3, -0.25) is 4.79 Å². The van der Waals surface area contributed by atoms with Gasteiger partial charge in [0.2, 0.25) is 5.89 Å². The van der Waals surface area contributed by atoms with E-state index in [1.165, 1.54) is 11.3 Å². The highest BCUT2D eigenvalue weighted by Crippen LogP contribution is 2.30. The Morgan fingerprint density at radius 3 is 2.36 bits per heavy atom. The topological polar surface area (TPSA) is 104 Å². The van der Waals surface area contributed by atoms with Gasteiger partial charge in [0, 0.05) is 11.5 Å². The Bertz CT molecular complexity index is 1870. The first-order valence-corrected chi connectivity index (χ1v) is 16.1. The van der Waals surface area contributed by atoms with E-state index in [1.54, 1.807) is 13.4 Å². The lowest BCUT2D eigenvalue weighted by Crippen LogP contribution is -2.31. The lowest BCUT2D eigenvalue weighted by atomic mass is 10.0. The normalized spacial score (nSPS) is 14.7. The van der Waals surface area contributed by atoms with Crippen molar-refractivity contribution in [2.24, 2.45) is 0 Å². The number of rotatable bonds is 14. The van der Waals surface area contributed by atoms with Gasteiger partial charge in [-0.05, 0) is 60.2 Å². The smallest absolute Gasteiger partial charge is 0.417 e. The molecule has 0 aliphatic carbocycles. The fraction of sp³-hybridized carbons (Fsp3) is 0.189. The quantitative estimate of drug-likeness (QED) is 0.120. The zero-order valence-electron chi connectivity index (χ0n) is 25.8. The standard InChI is InChI=1S/C37H33N3O6S/c1-43-33-21-28(15-18-31(33)44-23-30-24-45-34(38-30)19-16-26-9-4-2-5-10-26)13-8-14-32-36(41)40(37(42)46-32)22-29-25-47-35(39-29)20-17-27-11-6-3-7-12-27/h2-7,9-12,15-21,24-25,32H,8,13-14,22-23H2,1H3/b19-16+,20-17+. The first kappa shape index (κ1) is 31.5. The van der Waals surface area contributed by atoms with Crippen LogP contribution < -0.4 is 9.47 Å². The number of benzene rings is 3. The molecule has 1 aliphatic rings. The predicted molar refractivity (Wildman–Crippen MR) is 180 cm³/mol. The van der Waals surface area contributed by atoms with Gasteiger partial charge in [-0.2, -0.15) is 0 Å². The van der Waals surface area contributed by atoms with Crippen LogP contribution in [0.15, 0.2) is 94.9 Å². The van der Waals surface area contributed by atoms with Crippen LogP contribution >= 0.6 is 11.3 Å². The number of aromatic nitrogens is 2. The summed E-state index contributed by atoms with van der Waals surface area (Å²) >= 11 is 1.46. The second kappa shape index (κ2) is 15.2. The summed E-state index contributed by atoms with van der Waals surface area (Å²) in [5.74, 6) is 1.33. The number of hydrogen-bond acceptors (Lipinski definition) is 9. The van der Waals surface area contributed by atoms with Crippen molar-refractivity contribution >= 4 is 47.6 Å². The van der Waals surface area contributed by atoms with Gasteiger partial charge in [0.1, 0.15) is 23.6 Å². The summed E-state index contributed by atoms with van der Waals surface area (Å²) < 4.78 is 22.5. The number of cyclic esters (lactones) is 1. The first-order chi connectivity index (χ1) is 23.0. The molecule has 1 fully saturated rings. The van der Waals surface area contributed by atoms with E-state index in [2.05, 4.69) is 9.97 Å². The van der Waals surface area contributed by atoms with Gasteiger partial charge < -0.3 is 18.6 Å². The second-order valence-corrected chi connectivity index (χ2v) is 11.7. The maximum atomic E-state index is 13.0. The summed E-state index contributed by atoms with van der Waals surface area (Å²) in [7, 11) is 1.59. The van der Waals surface area contributed by atoms with Crippen LogP contribution in [0.25, 0.3) is 24.3 Å². The van der Waals surface area contributed by atoms with Crippen LogP contribution in [0, 0.1) is 0 Å². The van der Waals surface area contributed by atoms with Gasteiger partial charge in [0.15, 0.2) is 17.6 Å². The maximum absolute atomic E-state index is 13.0. The molecule has 0 N–H and O–H groups in total. The van der Waals surface area contributed by atoms with E-state index < -0.39 is 12.2 Å². The molecule has 0 saturated carbocycles. The number of aryl methyl sites for hydroxylation is 1. The molecule has 9 nitrogen and oxygen atoms in total. The van der Waals surface area contributed by atoms with Gasteiger partial charge in [-0.1, -0.05) is 72.8 Å². The molecule has 3 aromatic carbocycles. The van der Waals surface area contributed by atoms with E-state index in [0.29, 0.717) is 48.0 Å². The first-order valence-electron chi connectivity index (χ1n) is 15.2. The SMILES string of the molecule is COc1cc(CCCC2OC(=O)N(Cc3csc(/C=C/c4ccccc4)n3)C2=O)ccc1OCc1coc(/C=C/c2ccccc2)n1. The van der Waals surface area contributed by atoms with Crippen molar-refractivity contribution in [1.82, 2.24) is 14.9 Å². The van der Waals surface area contributed by atoms with E-state index >= 15 is 0 Å². The van der Waals surface area contributed by atoms with Crippen LogP contribution in [-0.2, 0) is 29.1 Å². The largest absolute Gasteiger partial charge is 0.493 e. The number of carbonyl (C=O) groups excluding carboxylic acids is 2. The Labute approximate surface area is 276 Å². The fourth-order valence-corrected chi connectivity index (χ4v) is 5.72. The minimum atomic E-state index is -0.807. The minimum Gasteiger partial charge on any atom is -0.493 e. The Morgan fingerprint density at radius 1 is 0.872 bits per heavy atom. The van der Waals surface area contributed by atoms with Crippen LogP contribution in [0.2, 0.25) is 0 Å². The number of amides is 2. The van der Waals surface area contributed by atoms with Crippen molar-refractivity contribution in [3.63, 3.8) is 0 Å². The van der Waals surface area contributed by atoms with E-state index in [1.807, 2.05) is 109 Å². The zero-order valence-corrected chi connectivity index (χ0v) is 26.6. The molecule has 1 saturated heterocycles. The fourth-order valence-electron chi connectivity index (χ4n) is 5.02. The third-order valence-electron chi connectivity index (χ3n) is 7.44. The predicted octanol–water partition coefficient (Wildman–Crippen LogP) is 7.93. The summed E-state index contributed by atoms with van der Waals surface area (Å²) in [6, 6.07) is 25.6. The lowest BCUT2D eigenvalue weighted by Gasteiger charge is -2.12. The molecule has 0 spiro atoms. The molecule has 238 valence electrons. The number of methoxy groups -OCH3 is 1. The van der Waals surface area contributed by atoms with Crippen LogP contribution in [0.4, 0.5) is 4.79 Å².